The molecule has 1 aliphatic rings. The lowest BCUT2D eigenvalue weighted by Gasteiger charge is -2.24. The SMILES string of the molecule is Cc1[nH]c(C2CNC2)nc1C(=O)O. The van der Waals surface area contributed by atoms with Crippen LogP contribution in [0.2, 0.25) is 0 Å². The maximum Gasteiger partial charge on any atom is 0.356 e. The van der Waals surface area contributed by atoms with Crippen molar-refractivity contribution in [2.24, 2.45) is 0 Å². The maximum atomic E-state index is 10.7. The van der Waals surface area contributed by atoms with E-state index >= 15 is 0 Å². The summed E-state index contributed by atoms with van der Waals surface area (Å²) in [4.78, 5) is 17.7. The fourth-order valence-corrected chi connectivity index (χ4v) is 1.37. The van der Waals surface area contributed by atoms with Crippen LogP contribution in [-0.4, -0.2) is 34.1 Å². The third kappa shape index (κ3) is 1.31. The molecule has 1 fully saturated rings. The minimum absolute atomic E-state index is 0.141. The molecule has 13 heavy (non-hydrogen) atoms. The van der Waals surface area contributed by atoms with Crippen molar-refractivity contribution >= 4 is 5.97 Å². The molecule has 70 valence electrons. The number of aromatic carboxylic acids is 1. The second-order valence-corrected chi connectivity index (χ2v) is 3.26. The summed E-state index contributed by atoms with van der Waals surface area (Å²) in [5.74, 6) is 0.174. The van der Waals surface area contributed by atoms with Gasteiger partial charge in [-0.05, 0) is 6.92 Å². The maximum absolute atomic E-state index is 10.7. The topological polar surface area (TPSA) is 78.0 Å². The molecule has 2 heterocycles. The number of hydrogen-bond donors (Lipinski definition) is 3. The Morgan fingerprint density at radius 3 is 2.69 bits per heavy atom. The van der Waals surface area contributed by atoms with E-state index in [-0.39, 0.29) is 5.69 Å². The molecule has 1 saturated heterocycles. The van der Waals surface area contributed by atoms with Gasteiger partial charge in [-0.25, -0.2) is 9.78 Å². The third-order valence-electron chi connectivity index (χ3n) is 2.27. The number of carbonyl (C=O) groups is 1. The lowest BCUT2D eigenvalue weighted by Crippen LogP contribution is -2.40. The van der Waals surface area contributed by atoms with Crippen LogP contribution >= 0.6 is 0 Å². The Labute approximate surface area is 75.2 Å². The summed E-state index contributed by atoms with van der Waals surface area (Å²) in [6.07, 6.45) is 0. The number of hydrogen-bond acceptors (Lipinski definition) is 3. The van der Waals surface area contributed by atoms with Gasteiger partial charge in [0.15, 0.2) is 5.69 Å². The highest BCUT2D eigenvalue weighted by molar-refractivity contribution is 5.86. The third-order valence-corrected chi connectivity index (χ3v) is 2.27. The first-order valence-corrected chi connectivity index (χ1v) is 4.19. The molecule has 0 unspecified atom stereocenters. The number of aromatic nitrogens is 2. The fraction of sp³-hybridized carbons (Fsp3) is 0.500. The van der Waals surface area contributed by atoms with Gasteiger partial charge in [0.2, 0.25) is 0 Å². The largest absolute Gasteiger partial charge is 0.476 e. The zero-order chi connectivity index (χ0) is 9.42. The van der Waals surface area contributed by atoms with Gasteiger partial charge in [-0.15, -0.1) is 0 Å². The molecule has 0 aliphatic carbocycles. The van der Waals surface area contributed by atoms with Crippen molar-refractivity contribution in [3.8, 4) is 0 Å². The molecule has 0 amide bonds. The molecule has 0 radical (unpaired) electrons. The minimum atomic E-state index is -0.965. The van der Waals surface area contributed by atoms with Gasteiger partial charge in [-0.2, -0.15) is 0 Å². The molecule has 0 atom stereocenters. The Balaban J connectivity index is 2.28. The average Bonchev–Trinajstić information content (AvgIpc) is 2.27. The molecule has 3 N–H and O–H groups in total. The van der Waals surface area contributed by atoms with Crippen LogP contribution in [0.15, 0.2) is 0 Å². The number of aromatic amines is 1. The number of aryl methyl sites for hydroxylation is 1. The number of imidazole rings is 1. The van der Waals surface area contributed by atoms with Gasteiger partial charge < -0.3 is 15.4 Å². The Kier molecular flexibility index (Phi) is 1.81. The van der Waals surface area contributed by atoms with Gasteiger partial charge in [0.1, 0.15) is 5.82 Å². The number of carboxylic acid groups (broad SMARTS) is 1. The van der Waals surface area contributed by atoms with Gasteiger partial charge >= 0.3 is 5.97 Å². The Morgan fingerprint density at radius 2 is 2.31 bits per heavy atom. The zero-order valence-corrected chi connectivity index (χ0v) is 7.29. The normalized spacial score (nSPS) is 17.0. The molecule has 0 aromatic carbocycles. The van der Waals surface area contributed by atoms with Crippen molar-refractivity contribution in [3.63, 3.8) is 0 Å². The summed E-state index contributed by atoms with van der Waals surface area (Å²) in [6, 6.07) is 0. The summed E-state index contributed by atoms with van der Waals surface area (Å²) in [5.41, 5.74) is 0.774. The predicted octanol–water partition coefficient (Wildman–Crippen LogP) is 0.103. The minimum Gasteiger partial charge on any atom is -0.476 e. The van der Waals surface area contributed by atoms with E-state index in [2.05, 4.69) is 15.3 Å². The Bertz CT molecular complexity index is 341. The number of nitrogens with one attached hydrogen (secondary N) is 2. The lowest BCUT2D eigenvalue weighted by atomic mass is 10.0. The van der Waals surface area contributed by atoms with Gasteiger partial charge in [0.05, 0.1) is 0 Å². The zero-order valence-electron chi connectivity index (χ0n) is 7.29. The van der Waals surface area contributed by atoms with Crippen LogP contribution in [0, 0.1) is 6.92 Å². The second-order valence-electron chi connectivity index (χ2n) is 3.26. The second kappa shape index (κ2) is 2.85. The molecule has 1 aromatic heterocycles. The summed E-state index contributed by atoms with van der Waals surface area (Å²) in [6.45, 7) is 3.49. The smallest absolute Gasteiger partial charge is 0.356 e. The summed E-state index contributed by atoms with van der Waals surface area (Å²) in [5, 5.41) is 11.9. The molecule has 0 spiro atoms. The van der Waals surface area contributed by atoms with E-state index in [4.69, 9.17) is 5.11 Å². The van der Waals surface area contributed by atoms with Crippen LogP contribution in [0.1, 0.15) is 27.9 Å². The molecule has 0 saturated carbocycles. The molecule has 2 rings (SSSR count). The predicted molar refractivity (Wildman–Crippen MR) is 45.9 cm³/mol. The van der Waals surface area contributed by atoms with Gasteiger partial charge in [-0.3, -0.25) is 0 Å². The van der Waals surface area contributed by atoms with E-state index in [9.17, 15) is 4.79 Å². The number of H-pyrrole nitrogens is 1. The first kappa shape index (κ1) is 8.25. The van der Waals surface area contributed by atoms with E-state index in [0.29, 0.717) is 11.6 Å². The highest BCUT2D eigenvalue weighted by Gasteiger charge is 2.24. The number of rotatable bonds is 2. The monoisotopic (exact) mass is 181 g/mol. The molecular formula is C8H11N3O2. The van der Waals surface area contributed by atoms with Crippen molar-refractivity contribution in [1.82, 2.24) is 15.3 Å². The number of carboxylic acids is 1. The Morgan fingerprint density at radius 1 is 1.62 bits per heavy atom. The van der Waals surface area contributed by atoms with E-state index in [1.807, 2.05) is 0 Å². The van der Waals surface area contributed by atoms with E-state index in [1.165, 1.54) is 0 Å². The summed E-state index contributed by atoms with van der Waals surface area (Å²) < 4.78 is 0. The van der Waals surface area contributed by atoms with Crippen LogP contribution in [-0.2, 0) is 0 Å². The lowest BCUT2D eigenvalue weighted by molar-refractivity contribution is 0.0690. The van der Waals surface area contributed by atoms with Crippen molar-refractivity contribution in [2.75, 3.05) is 13.1 Å². The fourth-order valence-electron chi connectivity index (χ4n) is 1.37. The molecule has 5 heteroatoms. The van der Waals surface area contributed by atoms with Crippen LogP contribution in [0.25, 0.3) is 0 Å². The number of nitrogens with zero attached hydrogens (tertiary/aromatic N) is 1. The van der Waals surface area contributed by atoms with Gasteiger partial charge in [-0.1, -0.05) is 0 Å². The van der Waals surface area contributed by atoms with Crippen LogP contribution in [0.5, 0.6) is 0 Å². The highest BCUT2D eigenvalue weighted by Crippen LogP contribution is 2.18. The first-order valence-electron chi connectivity index (χ1n) is 4.19. The first-order chi connectivity index (χ1) is 6.18. The van der Waals surface area contributed by atoms with Crippen molar-refractivity contribution in [3.05, 3.63) is 17.2 Å². The van der Waals surface area contributed by atoms with Crippen LogP contribution < -0.4 is 5.32 Å². The molecule has 1 aliphatic heterocycles. The van der Waals surface area contributed by atoms with E-state index < -0.39 is 5.97 Å². The molecule has 0 bridgehead atoms. The Hall–Kier alpha value is -1.36. The quantitative estimate of drug-likeness (QED) is 0.604. The average molecular weight is 181 g/mol. The van der Waals surface area contributed by atoms with Gasteiger partial charge in [0.25, 0.3) is 0 Å². The molecule has 5 nitrogen and oxygen atoms in total. The summed E-state index contributed by atoms with van der Waals surface area (Å²) >= 11 is 0. The van der Waals surface area contributed by atoms with E-state index in [1.54, 1.807) is 6.92 Å². The van der Waals surface area contributed by atoms with Crippen LogP contribution in [0.4, 0.5) is 0 Å². The highest BCUT2D eigenvalue weighted by atomic mass is 16.4. The van der Waals surface area contributed by atoms with E-state index in [0.717, 1.165) is 18.9 Å². The van der Waals surface area contributed by atoms with Crippen molar-refractivity contribution < 1.29 is 9.90 Å². The molecular weight excluding hydrogens is 170 g/mol. The van der Waals surface area contributed by atoms with Crippen molar-refractivity contribution in [2.45, 2.75) is 12.8 Å². The van der Waals surface area contributed by atoms with Crippen molar-refractivity contribution in [1.29, 1.82) is 0 Å². The van der Waals surface area contributed by atoms with Crippen LogP contribution in [0.3, 0.4) is 0 Å². The summed E-state index contributed by atoms with van der Waals surface area (Å²) in [7, 11) is 0. The van der Waals surface area contributed by atoms with Gasteiger partial charge in [0, 0.05) is 24.7 Å². The molecule has 1 aromatic rings. The standard InChI is InChI=1S/C8H11N3O2/c1-4-6(8(12)13)11-7(10-4)5-2-9-3-5/h5,9H,2-3H2,1H3,(H,10,11)(H,12,13).